The van der Waals surface area contributed by atoms with Crippen LogP contribution in [0.25, 0.3) is 5.65 Å². The van der Waals surface area contributed by atoms with Crippen molar-refractivity contribution < 1.29 is 28.6 Å². The molecule has 5 rings (SSSR count). The van der Waals surface area contributed by atoms with E-state index in [1.807, 2.05) is 0 Å². The molecule has 37 heavy (non-hydrogen) atoms. The van der Waals surface area contributed by atoms with Gasteiger partial charge >= 0.3 is 0 Å². The number of carbonyl (C=O) groups excluding carboxylic acids is 3. The summed E-state index contributed by atoms with van der Waals surface area (Å²) in [6.07, 6.45) is 3.32. The van der Waals surface area contributed by atoms with Crippen LogP contribution < -0.4 is 15.4 Å². The molecule has 11 nitrogen and oxygen atoms in total. The minimum Gasteiger partial charge on any atom is -0.491 e. The summed E-state index contributed by atoms with van der Waals surface area (Å²) in [4.78, 5) is 43.3. The summed E-state index contributed by atoms with van der Waals surface area (Å²) >= 11 is 0. The Kier molecular flexibility index (Phi) is 6.28. The lowest BCUT2D eigenvalue weighted by Crippen LogP contribution is -2.42. The van der Waals surface area contributed by atoms with Gasteiger partial charge in [-0.15, -0.1) is 0 Å². The number of hydrogen-bond donors (Lipinski definition) is 3. The summed E-state index contributed by atoms with van der Waals surface area (Å²) in [5, 5.41) is 19.7. The fraction of sp³-hybridized carbons (Fsp3) is 0.400. The molecule has 1 aromatic carbocycles. The molecule has 1 fully saturated rings. The van der Waals surface area contributed by atoms with Gasteiger partial charge in [0.05, 0.1) is 30.6 Å². The third-order valence-corrected chi connectivity index (χ3v) is 6.54. The van der Waals surface area contributed by atoms with Gasteiger partial charge in [-0.2, -0.15) is 5.10 Å². The molecule has 194 valence electrons. The fourth-order valence-corrected chi connectivity index (χ4v) is 4.35. The normalized spacial score (nSPS) is 18.2. The van der Waals surface area contributed by atoms with Crippen LogP contribution in [-0.2, 0) is 11.3 Å². The van der Waals surface area contributed by atoms with Gasteiger partial charge in [0.15, 0.2) is 5.65 Å². The molecule has 2 aliphatic heterocycles. The van der Waals surface area contributed by atoms with E-state index in [0.29, 0.717) is 35.4 Å². The average Bonchev–Trinajstić information content (AvgIpc) is 3.54. The van der Waals surface area contributed by atoms with Crippen LogP contribution in [0.1, 0.15) is 46.5 Å². The molecule has 0 spiro atoms. The molecule has 0 aliphatic carbocycles. The standard InChI is InChI=1S/C25H27FN6O5/c1-25(2,36)20(26)12-31-11-15-7-18(30-23(34)17-10-29-32-5-3-4-27-22(17)32)19(8-16(15)24(31)35)37-13-14-6-21(33)28-9-14/h3-5,7-8,10,14,20,36H,6,9,11-13H2,1-2H3,(H,28,33)(H,30,34)/t14-,20?/m0/s1. The molecule has 2 aliphatic rings. The monoisotopic (exact) mass is 510 g/mol. The Morgan fingerprint density at radius 1 is 1.38 bits per heavy atom. The summed E-state index contributed by atoms with van der Waals surface area (Å²) in [5.74, 6) is -0.725. The van der Waals surface area contributed by atoms with E-state index < -0.39 is 23.6 Å². The zero-order valence-electron chi connectivity index (χ0n) is 20.4. The molecule has 3 amide bonds. The Labute approximate surface area is 211 Å². The van der Waals surface area contributed by atoms with E-state index in [0.717, 1.165) is 0 Å². The predicted molar refractivity (Wildman–Crippen MR) is 130 cm³/mol. The van der Waals surface area contributed by atoms with Crippen LogP contribution >= 0.6 is 0 Å². The summed E-state index contributed by atoms with van der Waals surface area (Å²) in [5.41, 5.74) is 0.269. The molecule has 1 unspecified atom stereocenters. The number of rotatable bonds is 8. The van der Waals surface area contributed by atoms with E-state index >= 15 is 0 Å². The van der Waals surface area contributed by atoms with Crippen molar-refractivity contribution >= 4 is 29.1 Å². The fourth-order valence-electron chi connectivity index (χ4n) is 4.35. The first kappa shape index (κ1) is 24.6. The van der Waals surface area contributed by atoms with Crippen LogP contribution in [0.2, 0.25) is 0 Å². The SMILES string of the molecule is CC(C)(O)C(F)CN1Cc2cc(NC(=O)c3cnn4cccnc34)c(OC[C@@H]3CNC(=O)C3)cc2C1=O. The van der Waals surface area contributed by atoms with Gasteiger partial charge in [0.25, 0.3) is 11.8 Å². The lowest BCUT2D eigenvalue weighted by molar-refractivity contribution is -0.119. The second-order valence-electron chi connectivity index (χ2n) is 9.90. The molecule has 2 aromatic heterocycles. The largest absolute Gasteiger partial charge is 0.491 e. The highest BCUT2D eigenvalue weighted by molar-refractivity contribution is 6.09. The quantitative estimate of drug-likeness (QED) is 0.418. The predicted octanol–water partition coefficient (Wildman–Crippen LogP) is 1.56. The number of aromatic nitrogens is 3. The Balaban J connectivity index is 1.42. The Morgan fingerprint density at radius 2 is 2.19 bits per heavy atom. The molecule has 4 heterocycles. The molecule has 0 bridgehead atoms. The number of halogens is 1. The van der Waals surface area contributed by atoms with Crippen molar-refractivity contribution in [3.05, 3.63) is 53.5 Å². The third kappa shape index (κ3) is 4.96. The Hall–Kier alpha value is -4.06. The first-order valence-corrected chi connectivity index (χ1v) is 11.9. The smallest absolute Gasteiger partial charge is 0.261 e. The topological polar surface area (TPSA) is 138 Å². The minimum atomic E-state index is -1.64. The number of amides is 3. The summed E-state index contributed by atoms with van der Waals surface area (Å²) in [6.45, 7) is 3.21. The van der Waals surface area contributed by atoms with Gasteiger partial charge < -0.3 is 25.4 Å². The number of carbonyl (C=O) groups is 3. The summed E-state index contributed by atoms with van der Waals surface area (Å²) in [7, 11) is 0. The zero-order valence-corrected chi connectivity index (χ0v) is 20.4. The lowest BCUT2D eigenvalue weighted by atomic mass is 10.0. The van der Waals surface area contributed by atoms with E-state index in [1.165, 1.54) is 35.5 Å². The average molecular weight is 511 g/mol. The first-order valence-electron chi connectivity index (χ1n) is 11.9. The van der Waals surface area contributed by atoms with Crippen LogP contribution in [0.15, 0.2) is 36.8 Å². The van der Waals surface area contributed by atoms with E-state index in [2.05, 4.69) is 20.7 Å². The van der Waals surface area contributed by atoms with Crippen molar-refractivity contribution in [2.24, 2.45) is 5.92 Å². The molecule has 0 radical (unpaired) electrons. The maximum atomic E-state index is 14.5. The zero-order chi connectivity index (χ0) is 26.3. The summed E-state index contributed by atoms with van der Waals surface area (Å²) in [6, 6.07) is 4.86. The number of aliphatic hydroxyl groups is 1. The maximum absolute atomic E-state index is 14.5. The number of ether oxygens (including phenoxy) is 1. The van der Waals surface area contributed by atoms with E-state index in [1.54, 1.807) is 24.5 Å². The van der Waals surface area contributed by atoms with Gasteiger partial charge in [0.2, 0.25) is 5.91 Å². The van der Waals surface area contributed by atoms with Gasteiger partial charge in [0, 0.05) is 43.4 Å². The van der Waals surface area contributed by atoms with E-state index in [4.69, 9.17) is 4.74 Å². The minimum absolute atomic E-state index is 0.0561. The van der Waals surface area contributed by atoms with Crippen molar-refractivity contribution in [2.45, 2.75) is 38.6 Å². The van der Waals surface area contributed by atoms with Crippen LogP contribution in [0.4, 0.5) is 10.1 Å². The number of anilines is 1. The van der Waals surface area contributed by atoms with Gasteiger partial charge in [-0.1, -0.05) is 0 Å². The van der Waals surface area contributed by atoms with Gasteiger partial charge in [-0.25, -0.2) is 13.9 Å². The van der Waals surface area contributed by atoms with E-state index in [9.17, 15) is 23.9 Å². The molecule has 12 heteroatoms. The second-order valence-corrected chi connectivity index (χ2v) is 9.90. The van der Waals surface area contributed by atoms with Gasteiger partial charge in [-0.05, 0) is 37.6 Å². The number of alkyl halides is 1. The van der Waals surface area contributed by atoms with Crippen molar-refractivity contribution in [1.82, 2.24) is 24.8 Å². The molecular weight excluding hydrogens is 483 g/mol. The number of fused-ring (bicyclic) bond motifs is 2. The third-order valence-electron chi connectivity index (χ3n) is 6.54. The molecule has 2 atom stereocenters. The Morgan fingerprint density at radius 3 is 2.92 bits per heavy atom. The van der Waals surface area contributed by atoms with Crippen LogP contribution in [-0.4, -0.2) is 73.8 Å². The number of nitrogens with zero attached hydrogens (tertiary/aromatic N) is 4. The molecule has 1 saturated heterocycles. The van der Waals surface area contributed by atoms with Crippen molar-refractivity contribution in [1.29, 1.82) is 0 Å². The lowest BCUT2D eigenvalue weighted by Gasteiger charge is -2.26. The summed E-state index contributed by atoms with van der Waals surface area (Å²) < 4.78 is 22.0. The van der Waals surface area contributed by atoms with Crippen molar-refractivity contribution in [2.75, 3.05) is 25.0 Å². The van der Waals surface area contributed by atoms with Crippen molar-refractivity contribution in [3.8, 4) is 5.75 Å². The highest BCUT2D eigenvalue weighted by Crippen LogP contribution is 2.35. The van der Waals surface area contributed by atoms with Crippen LogP contribution in [0, 0.1) is 5.92 Å². The van der Waals surface area contributed by atoms with Crippen molar-refractivity contribution in [3.63, 3.8) is 0 Å². The highest BCUT2D eigenvalue weighted by atomic mass is 19.1. The maximum Gasteiger partial charge on any atom is 0.261 e. The number of hydrogen-bond acceptors (Lipinski definition) is 7. The van der Waals surface area contributed by atoms with Crippen LogP contribution in [0.3, 0.4) is 0 Å². The highest BCUT2D eigenvalue weighted by Gasteiger charge is 2.35. The molecule has 3 N–H and O–H groups in total. The second kappa shape index (κ2) is 9.43. The molecular formula is C25H27FN6O5. The number of benzene rings is 1. The molecule has 3 aromatic rings. The van der Waals surface area contributed by atoms with Gasteiger partial charge in [0.1, 0.15) is 17.5 Å². The van der Waals surface area contributed by atoms with E-state index in [-0.39, 0.29) is 42.8 Å². The van der Waals surface area contributed by atoms with Gasteiger partial charge in [-0.3, -0.25) is 14.4 Å². The first-order chi connectivity index (χ1) is 17.6. The molecule has 0 saturated carbocycles. The van der Waals surface area contributed by atoms with Crippen LogP contribution in [0.5, 0.6) is 5.75 Å². The Bertz CT molecular complexity index is 1380. The number of nitrogens with one attached hydrogen (secondary N) is 2.